The summed E-state index contributed by atoms with van der Waals surface area (Å²) in [6, 6.07) is 23.1. The van der Waals surface area contributed by atoms with Crippen LogP contribution in [0.4, 0.5) is 0 Å². The monoisotopic (exact) mass is 401 g/mol. The molecule has 1 heterocycles. The molecule has 0 radical (unpaired) electrons. The maximum absolute atomic E-state index is 12.7. The summed E-state index contributed by atoms with van der Waals surface area (Å²) in [4.78, 5) is 17.5. The van der Waals surface area contributed by atoms with Crippen molar-refractivity contribution in [3.05, 3.63) is 89.7 Å². The van der Waals surface area contributed by atoms with Crippen LogP contribution in [0.1, 0.15) is 21.7 Å². The van der Waals surface area contributed by atoms with Crippen molar-refractivity contribution in [2.45, 2.75) is 13.1 Å². The van der Waals surface area contributed by atoms with Gasteiger partial charge in [0, 0.05) is 6.54 Å². The second-order valence-electron chi connectivity index (χ2n) is 6.83. The second-order valence-corrected chi connectivity index (χ2v) is 6.83. The first kappa shape index (κ1) is 19.5. The lowest BCUT2D eigenvalue weighted by Crippen LogP contribution is -2.25. The number of benzene rings is 3. The van der Waals surface area contributed by atoms with Crippen LogP contribution in [0, 0.1) is 0 Å². The van der Waals surface area contributed by atoms with Gasteiger partial charge in [-0.05, 0) is 42.0 Å². The number of para-hydroxylation sites is 3. The standard InChI is InChI=1S/C24H23N3O3/c1-29-18-13-11-17(12-14-18)16-27-21-9-5-4-8-20(21)26-23(27)15-25-24(28)19-7-3-6-10-22(19)30-2/h3-14H,15-16H2,1-2H3,(H,25,28). The molecule has 0 fully saturated rings. The smallest absolute Gasteiger partial charge is 0.255 e. The van der Waals surface area contributed by atoms with E-state index in [1.807, 2.05) is 60.7 Å². The van der Waals surface area contributed by atoms with Crippen molar-refractivity contribution >= 4 is 16.9 Å². The van der Waals surface area contributed by atoms with E-state index in [1.54, 1.807) is 26.4 Å². The van der Waals surface area contributed by atoms with Gasteiger partial charge in [-0.2, -0.15) is 0 Å². The first-order chi connectivity index (χ1) is 14.7. The summed E-state index contributed by atoms with van der Waals surface area (Å²) in [6.07, 6.45) is 0. The van der Waals surface area contributed by atoms with E-state index in [1.165, 1.54) is 0 Å². The minimum atomic E-state index is -0.199. The lowest BCUT2D eigenvalue weighted by atomic mass is 10.2. The summed E-state index contributed by atoms with van der Waals surface area (Å²) in [5.41, 5.74) is 3.54. The van der Waals surface area contributed by atoms with Gasteiger partial charge in [0.15, 0.2) is 0 Å². The van der Waals surface area contributed by atoms with Gasteiger partial charge in [0.25, 0.3) is 5.91 Å². The minimum absolute atomic E-state index is 0.199. The zero-order valence-electron chi connectivity index (χ0n) is 17.0. The second kappa shape index (κ2) is 8.69. The molecule has 0 aliphatic heterocycles. The Morgan fingerprint density at radius 2 is 1.67 bits per heavy atom. The molecule has 0 unspecified atom stereocenters. The fraction of sp³-hybridized carbons (Fsp3) is 0.167. The highest BCUT2D eigenvalue weighted by atomic mass is 16.5. The Bertz CT molecular complexity index is 1170. The Morgan fingerprint density at radius 3 is 2.43 bits per heavy atom. The van der Waals surface area contributed by atoms with Crippen LogP contribution in [0.25, 0.3) is 11.0 Å². The summed E-state index contributed by atoms with van der Waals surface area (Å²) in [5, 5.41) is 2.97. The molecule has 0 spiro atoms. The molecule has 6 nitrogen and oxygen atoms in total. The number of amides is 1. The third-order valence-electron chi connectivity index (χ3n) is 4.99. The van der Waals surface area contributed by atoms with E-state index in [9.17, 15) is 4.79 Å². The maximum atomic E-state index is 12.7. The number of carbonyl (C=O) groups excluding carboxylic acids is 1. The van der Waals surface area contributed by atoms with Crippen LogP contribution in [0.5, 0.6) is 11.5 Å². The highest BCUT2D eigenvalue weighted by Crippen LogP contribution is 2.20. The molecule has 0 bridgehead atoms. The number of ether oxygens (including phenoxy) is 2. The summed E-state index contributed by atoms with van der Waals surface area (Å²) in [6.45, 7) is 0.950. The average Bonchev–Trinajstić information content (AvgIpc) is 3.15. The van der Waals surface area contributed by atoms with Crippen molar-refractivity contribution < 1.29 is 14.3 Å². The number of aromatic nitrogens is 2. The molecule has 6 heteroatoms. The Morgan fingerprint density at radius 1 is 0.933 bits per heavy atom. The van der Waals surface area contributed by atoms with Gasteiger partial charge >= 0.3 is 0 Å². The number of rotatable bonds is 7. The van der Waals surface area contributed by atoms with E-state index in [-0.39, 0.29) is 5.91 Å². The predicted molar refractivity (Wildman–Crippen MR) is 116 cm³/mol. The lowest BCUT2D eigenvalue weighted by molar-refractivity contribution is 0.0946. The summed E-state index contributed by atoms with van der Waals surface area (Å²) < 4.78 is 12.7. The molecule has 0 saturated heterocycles. The molecule has 0 atom stereocenters. The Balaban J connectivity index is 1.60. The molecule has 0 aliphatic carbocycles. The van der Waals surface area contributed by atoms with Crippen molar-refractivity contribution in [3.63, 3.8) is 0 Å². The van der Waals surface area contributed by atoms with Crippen LogP contribution in [-0.2, 0) is 13.1 Å². The number of nitrogens with one attached hydrogen (secondary N) is 1. The van der Waals surface area contributed by atoms with E-state index in [4.69, 9.17) is 14.5 Å². The topological polar surface area (TPSA) is 65.4 Å². The molecule has 152 valence electrons. The molecule has 0 aliphatic rings. The number of hydrogen-bond donors (Lipinski definition) is 1. The molecule has 1 amide bonds. The highest BCUT2D eigenvalue weighted by molar-refractivity contribution is 5.96. The van der Waals surface area contributed by atoms with Crippen LogP contribution >= 0.6 is 0 Å². The molecule has 4 rings (SSSR count). The van der Waals surface area contributed by atoms with E-state index in [0.717, 1.165) is 28.2 Å². The fourth-order valence-corrected chi connectivity index (χ4v) is 3.44. The number of carbonyl (C=O) groups is 1. The molecule has 30 heavy (non-hydrogen) atoms. The molecular weight excluding hydrogens is 378 g/mol. The van der Waals surface area contributed by atoms with Crippen LogP contribution in [0.2, 0.25) is 0 Å². The van der Waals surface area contributed by atoms with E-state index in [2.05, 4.69) is 9.88 Å². The maximum Gasteiger partial charge on any atom is 0.255 e. The quantitative estimate of drug-likeness (QED) is 0.508. The minimum Gasteiger partial charge on any atom is -0.497 e. The first-order valence-corrected chi connectivity index (χ1v) is 9.68. The van der Waals surface area contributed by atoms with Gasteiger partial charge in [0.05, 0.1) is 37.4 Å². The number of imidazole rings is 1. The van der Waals surface area contributed by atoms with Gasteiger partial charge in [0.2, 0.25) is 0 Å². The van der Waals surface area contributed by atoms with E-state index in [0.29, 0.717) is 24.4 Å². The Hall–Kier alpha value is -3.80. The average molecular weight is 401 g/mol. The molecule has 0 saturated carbocycles. The lowest BCUT2D eigenvalue weighted by Gasteiger charge is -2.12. The molecular formula is C24H23N3O3. The zero-order chi connectivity index (χ0) is 20.9. The van der Waals surface area contributed by atoms with Crippen molar-refractivity contribution in [3.8, 4) is 11.5 Å². The Labute approximate surface area is 175 Å². The number of fused-ring (bicyclic) bond motifs is 1. The summed E-state index contributed by atoms with van der Waals surface area (Å²) >= 11 is 0. The molecule has 3 aromatic carbocycles. The third-order valence-corrected chi connectivity index (χ3v) is 4.99. The van der Waals surface area contributed by atoms with Crippen LogP contribution in [-0.4, -0.2) is 29.7 Å². The highest BCUT2D eigenvalue weighted by Gasteiger charge is 2.15. The van der Waals surface area contributed by atoms with Crippen LogP contribution < -0.4 is 14.8 Å². The van der Waals surface area contributed by atoms with Crippen molar-refractivity contribution in [1.29, 1.82) is 0 Å². The van der Waals surface area contributed by atoms with Gasteiger partial charge in [-0.25, -0.2) is 4.98 Å². The third kappa shape index (κ3) is 3.98. The predicted octanol–water partition coefficient (Wildman–Crippen LogP) is 4.03. The zero-order valence-corrected chi connectivity index (χ0v) is 17.0. The van der Waals surface area contributed by atoms with Crippen molar-refractivity contribution in [1.82, 2.24) is 14.9 Å². The van der Waals surface area contributed by atoms with Gasteiger partial charge in [-0.1, -0.05) is 36.4 Å². The molecule has 1 aromatic heterocycles. The van der Waals surface area contributed by atoms with Crippen molar-refractivity contribution in [2.75, 3.05) is 14.2 Å². The van der Waals surface area contributed by atoms with E-state index < -0.39 is 0 Å². The van der Waals surface area contributed by atoms with Crippen LogP contribution in [0.3, 0.4) is 0 Å². The SMILES string of the molecule is COc1ccc(Cn2c(CNC(=O)c3ccccc3OC)nc3ccccc32)cc1. The van der Waals surface area contributed by atoms with Crippen LogP contribution in [0.15, 0.2) is 72.8 Å². The van der Waals surface area contributed by atoms with Crippen molar-refractivity contribution in [2.24, 2.45) is 0 Å². The summed E-state index contributed by atoms with van der Waals surface area (Å²) in [7, 11) is 3.21. The normalized spacial score (nSPS) is 10.7. The van der Waals surface area contributed by atoms with Gasteiger partial charge in [-0.3, -0.25) is 4.79 Å². The number of methoxy groups -OCH3 is 2. The van der Waals surface area contributed by atoms with Gasteiger partial charge < -0.3 is 19.4 Å². The van der Waals surface area contributed by atoms with E-state index >= 15 is 0 Å². The van der Waals surface area contributed by atoms with Gasteiger partial charge in [-0.15, -0.1) is 0 Å². The molecule has 1 N–H and O–H groups in total. The first-order valence-electron chi connectivity index (χ1n) is 9.68. The largest absolute Gasteiger partial charge is 0.497 e. The summed E-state index contributed by atoms with van der Waals surface area (Å²) in [5.74, 6) is 1.95. The van der Waals surface area contributed by atoms with Gasteiger partial charge in [0.1, 0.15) is 17.3 Å². The number of nitrogens with zero attached hydrogens (tertiary/aromatic N) is 2. The molecule has 4 aromatic rings. The number of hydrogen-bond acceptors (Lipinski definition) is 4. The Kier molecular flexibility index (Phi) is 5.66. The fourth-order valence-electron chi connectivity index (χ4n) is 3.44.